The Morgan fingerprint density at radius 1 is 1.14 bits per heavy atom. The van der Waals surface area contributed by atoms with Crippen LogP contribution in [-0.4, -0.2) is 45.7 Å². The normalized spacial score (nSPS) is 18.4. The van der Waals surface area contributed by atoms with E-state index in [1.54, 1.807) is 48.8 Å². The van der Waals surface area contributed by atoms with Crippen LogP contribution in [0, 0.1) is 0 Å². The van der Waals surface area contributed by atoms with Crippen LogP contribution < -0.4 is 4.74 Å². The van der Waals surface area contributed by atoms with Gasteiger partial charge in [0, 0.05) is 25.0 Å². The Kier molecular flexibility index (Phi) is 8.07. The summed E-state index contributed by atoms with van der Waals surface area (Å²) in [4.78, 5) is 29.9. The first-order valence-corrected chi connectivity index (χ1v) is 12.4. The summed E-state index contributed by atoms with van der Waals surface area (Å²) in [5.41, 5.74) is -0.00376. The molecule has 4 rings (SSSR count). The average molecular weight is 505 g/mol. The number of unbranched alkanes of at least 4 members (excludes halogenated alkanes) is 1. The number of para-hydroxylation sites is 1. The molecule has 3 aromatic rings. The third-order valence-electron chi connectivity index (χ3n) is 5.89. The minimum atomic E-state index is -1.42. The number of hydrogen-bond donors (Lipinski definition) is 1. The number of esters is 1. The molecule has 0 saturated carbocycles. The highest BCUT2D eigenvalue weighted by molar-refractivity contribution is 8.03. The van der Waals surface area contributed by atoms with E-state index in [9.17, 15) is 14.7 Å². The van der Waals surface area contributed by atoms with Crippen molar-refractivity contribution < 1.29 is 24.2 Å². The summed E-state index contributed by atoms with van der Waals surface area (Å²) in [5.74, 6) is 0.135. The first kappa shape index (κ1) is 25.5. The van der Waals surface area contributed by atoms with Crippen LogP contribution in [0.4, 0.5) is 0 Å². The highest BCUT2D eigenvalue weighted by atomic mass is 32.2. The Bertz CT molecular complexity index is 1280. The number of Topliss-reactive ketones (excluding diaryl/α,β-unsaturated/α-hetero) is 1. The first-order valence-electron chi connectivity index (χ1n) is 11.6. The second-order valence-electron chi connectivity index (χ2n) is 8.47. The number of aromatic nitrogens is 2. The van der Waals surface area contributed by atoms with Gasteiger partial charge in [0.15, 0.2) is 10.9 Å². The number of nitrogens with zero attached hydrogens (tertiary/aromatic N) is 2. The minimum Gasteiger partial charge on any atom is -0.494 e. The summed E-state index contributed by atoms with van der Waals surface area (Å²) >= 11 is 1.24. The van der Waals surface area contributed by atoms with Crippen LogP contribution in [-0.2, 0) is 16.6 Å². The van der Waals surface area contributed by atoms with E-state index in [1.807, 2.05) is 41.9 Å². The molecule has 1 heterocycles. The number of rotatable bonds is 10. The van der Waals surface area contributed by atoms with Gasteiger partial charge in [-0.05, 0) is 73.0 Å². The highest BCUT2D eigenvalue weighted by Crippen LogP contribution is 2.42. The summed E-state index contributed by atoms with van der Waals surface area (Å²) in [6.07, 6.45) is 8.55. The number of ether oxygens (including phenoxy) is 2. The number of carbonyl (C=O) groups is 2. The highest BCUT2D eigenvalue weighted by Gasteiger charge is 2.42. The van der Waals surface area contributed by atoms with Gasteiger partial charge in [-0.25, -0.2) is 9.78 Å². The molecular weight excluding hydrogens is 476 g/mol. The van der Waals surface area contributed by atoms with Gasteiger partial charge in [0.05, 0.1) is 24.2 Å². The zero-order valence-electron chi connectivity index (χ0n) is 20.2. The number of allylic oxidation sites excluding steroid dienone is 1. The van der Waals surface area contributed by atoms with Gasteiger partial charge in [-0.3, -0.25) is 4.79 Å². The van der Waals surface area contributed by atoms with Gasteiger partial charge >= 0.3 is 5.97 Å². The number of carbonyl (C=O) groups excluding carboxylic acids is 2. The molecule has 0 aliphatic heterocycles. The summed E-state index contributed by atoms with van der Waals surface area (Å²) in [6, 6.07) is 16.3. The molecule has 0 radical (unpaired) electrons. The van der Waals surface area contributed by atoms with Crippen LogP contribution in [0.1, 0.15) is 35.2 Å². The second kappa shape index (κ2) is 11.4. The van der Waals surface area contributed by atoms with Crippen LogP contribution >= 0.6 is 11.8 Å². The molecule has 36 heavy (non-hydrogen) atoms. The van der Waals surface area contributed by atoms with Crippen molar-refractivity contribution in [1.82, 2.24) is 9.55 Å². The lowest BCUT2D eigenvalue weighted by atomic mass is 9.89. The van der Waals surface area contributed by atoms with Crippen molar-refractivity contribution in [2.75, 3.05) is 13.7 Å². The standard InChI is InChI=1S/C28H28N2O5S/c1-30-16-15-29-27(30)36-24-19-28(33,14-6-7-17-35-22-8-4-3-5-9-22)23(25(24)31)18-20-10-12-21(13-11-20)26(32)34-2/h3-5,8-13,15-16,18-19,33H,6-7,14,17H2,1-2H3/b23-18-. The Hall–Kier alpha value is -3.62. The van der Waals surface area contributed by atoms with Crippen molar-refractivity contribution in [2.45, 2.75) is 30.0 Å². The zero-order valence-corrected chi connectivity index (χ0v) is 21.0. The number of ketones is 1. The van der Waals surface area contributed by atoms with Crippen molar-refractivity contribution in [3.05, 3.63) is 94.7 Å². The number of methoxy groups -OCH3 is 1. The maximum Gasteiger partial charge on any atom is 0.337 e. The van der Waals surface area contributed by atoms with E-state index in [0.717, 1.165) is 12.2 Å². The summed E-state index contributed by atoms with van der Waals surface area (Å²) in [7, 11) is 3.18. The van der Waals surface area contributed by atoms with Gasteiger partial charge in [0.25, 0.3) is 0 Å². The zero-order chi connectivity index (χ0) is 25.5. The maximum atomic E-state index is 13.4. The molecule has 2 aromatic carbocycles. The van der Waals surface area contributed by atoms with Gasteiger partial charge in [0.2, 0.25) is 0 Å². The monoisotopic (exact) mass is 504 g/mol. The summed E-state index contributed by atoms with van der Waals surface area (Å²) in [5, 5.41) is 12.3. The van der Waals surface area contributed by atoms with Crippen LogP contribution in [0.25, 0.3) is 6.08 Å². The van der Waals surface area contributed by atoms with Crippen molar-refractivity contribution in [1.29, 1.82) is 0 Å². The lowest BCUT2D eigenvalue weighted by molar-refractivity contribution is -0.112. The number of aryl methyl sites for hydroxylation is 1. The van der Waals surface area contributed by atoms with Gasteiger partial charge in [-0.1, -0.05) is 30.3 Å². The first-order chi connectivity index (χ1) is 17.4. The number of imidazole rings is 1. The van der Waals surface area contributed by atoms with Gasteiger partial charge in [-0.15, -0.1) is 0 Å². The Balaban J connectivity index is 1.52. The molecule has 1 aliphatic rings. The molecule has 7 nitrogen and oxygen atoms in total. The number of hydrogen-bond acceptors (Lipinski definition) is 7. The summed E-state index contributed by atoms with van der Waals surface area (Å²) < 4.78 is 12.3. The van der Waals surface area contributed by atoms with Crippen molar-refractivity contribution in [3.63, 3.8) is 0 Å². The van der Waals surface area contributed by atoms with E-state index < -0.39 is 11.6 Å². The number of benzene rings is 2. The van der Waals surface area contributed by atoms with Crippen molar-refractivity contribution in [2.24, 2.45) is 7.05 Å². The molecule has 1 N–H and O–H groups in total. The van der Waals surface area contributed by atoms with Crippen molar-refractivity contribution >= 4 is 29.6 Å². The third kappa shape index (κ3) is 5.95. The van der Waals surface area contributed by atoms with E-state index in [1.165, 1.54) is 18.9 Å². The molecule has 0 spiro atoms. The van der Waals surface area contributed by atoms with Crippen molar-refractivity contribution in [3.8, 4) is 5.75 Å². The quantitative estimate of drug-likeness (QED) is 0.240. The van der Waals surface area contributed by atoms with Gasteiger partial charge in [-0.2, -0.15) is 0 Å². The predicted octanol–water partition coefficient (Wildman–Crippen LogP) is 4.83. The molecule has 1 aromatic heterocycles. The van der Waals surface area contributed by atoms with Gasteiger partial charge in [0.1, 0.15) is 11.4 Å². The molecule has 1 atom stereocenters. The van der Waals surface area contributed by atoms with Crippen LogP contribution in [0.2, 0.25) is 0 Å². The van der Waals surface area contributed by atoms with E-state index in [0.29, 0.717) is 46.2 Å². The third-order valence-corrected chi connectivity index (χ3v) is 6.99. The average Bonchev–Trinajstić information content (AvgIpc) is 3.40. The van der Waals surface area contributed by atoms with Crippen LogP contribution in [0.15, 0.2) is 88.7 Å². The Labute approximate surface area is 214 Å². The fourth-order valence-corrected chi connectivity index (χ4v) is 4.89. The van der Waals surface area contributed by atoms with Crippen LogP contribution in [0.3, 0.4) is 0 Å². The fraction of sp³-hybridized carbons (Fsp3) is 0.250. The molecule has 0 bridgehead atoms. The lowest BCUT2D eigenvalue weighted by Gasteiger charge is -2.22. The molecule has 1 unspecified atom stereocenters. The predicted molar refractivity (Wildman–Crippen MR) is 139 cm³/mol. The largest absolute Gasteiger partial charge is 0.494 e. The SMILES string of the molecule is COC(=O)c1ccc(/C=C2/C(=O)C(Sc3nccn3C)=CC2(O)CCCCOc2ccccc2)cc1. The van der Waals surface area contributed by atoms with Gasteiger partial charge < -0.3 is 19.1 Å². The van der Waals surface area contributed by atoms with E-state index >= 15 is 0 Å². The Morgan fingerprint density at radius 3 is 2.56 bits per heavy atom. The van der Waals surface area contributed by atoms with Crippen LogP contribution in [0.5, 0.6) is 5.75 Å². The smallest absolute Gasteiger partial charge is 0.337 e. The van der Waals surface area contributed by atoms with E-state index in [4.69, 9.17) is 9.47 Å². The topological polar surface area (TPSA) is 90.7 Å². The molecule has 0 fully saturated rings. The number of aliphatic hydroxyl groups is 1. The molecule has 0 saturated heterocycles. The Morgan fingerprint density at radius 2 is 1.89 bits per heavy atom. The second-order valence-corrected chi connectivity index (χ2v) is 9.48. The van der Waals surface area contributed by atoms with E-state index in [-0.39, 0.29) is 5.78 Å². The van der Waals surface area contributed by atoms with E-state index in [2.05, 4.69) is 4.98 Å². The lowest BCUT2D eigenvalue weighted by Crippen LogP contribution is -2.28. The fourth-order valence-electron chi connectivity index (χ4n) is 3.91. The maximum absolute atomic E-state index is 13.4. The molecule has 1 aliphatic carbocycles. The minimum absolute atomic E-state index is 0.233. The molecule has 8 heteroatoms. The summed E-state index contributed by atoms with van der Waals surface area (Å²) in [6.45, 7) is 0.515. The molecular formula is C28H28N2O5S. The molecule has 186 valence electrons. The molecule has 0 amide bonds. The number of thioether (sulfide) groups is 1.